The highest BCUT2D eigenvalue weighted by atomic mass is 32.2. The van der Waals surface area contributed by atoms with Crippen LogP contribution in [-0.2, 0) is 11.8 Å². The Morgan fingerprint density at radius 3 is 2.58 bits per heavy atom. The maximum atomic E-state index is 13.7. The van der Waals surface area contributed by atoms with E-state index in [1.807, 2.05) is 18.2 Å². The van der Waals surface area contributed by atoms with Crippen LogP contribution in [0.25, 0.3) is 17.0 Å². The molecule has 1 N–H and O–H groups in total. The fraction of sp³-hybridized carbons (Fsp3) is 0.346. The second kappa shape index (κ2) is 8.46. The highest BCUT2D eigenvalue weighted by molar-refractivity contribution is 8.05. The van der Waals surface area contributed by atoms with Gasteiger partial charge in [0.05, 0.1) is 4.91 Å². The SMILES string of the molecule is C[C@H]1CCCC[C@H]1N1C(=O)/C(=C/c2cn(C)c3ccccc23)SC1Nc1ccccc1. The van der Waals surface area contributed by atoms with Crippen molar-refractivity contribution in [3.05, 3.63) is 71.3 Å². The number of rotatable bonds is 4. The fourth-order valence-corrected chi connectivity index (χ4v) is 6.20. The first-order chi connectivity index (χ1) is 15.1. The highest BCUT2D eigenvalue weighted by Crippen LogP contribution is 2.42. The number of aromatic nitrogens is 1. The first-order valence-electron chi connectivity index (χ1n) is 11.2. The second-order valence-electron chi connectivity index (χ2n) is 8.74. The molecular weight excluding hydrogens is 402 g/mol. The van der Waals surface area contributed by atoms with Crippen LogP contribution in [0.5, 0.6) is 0 Å². The van der Waals surface area contributed by atoms with Crippen LogP contribution in [0.15, 0.2) is 65.7 Å². The number of fused-ring (bicyclic) bond motifs is 1. The molecule has 3 aromatic rings. The smallest absolute Gasteiger partial charge is 0.262 e. The van der Waals surface area contributed by atoms with Crippen LogP contribution in [0.2, 0.25) is 0 Å². The minimum Gasteiger partial charge on any atom is -0.356 e. The minimum atomic E-state index is -0.0818. The fourth-order valence-electron chi connectivity index (χ4n) is 5.00. The van der Waals surface area contributed by atoms with Crippen molar-refractivity contribution in [2.45, 2.75) is 44.1 Å². The molecular formula is C26H29N3OS. The van der Waals surface area contributed by atoms with Crippen molar-refractivity contribution in [3.8, 4) is 0 Å². The number of anilines is 1. The van der Waals surface area contributed by atoms with Crippen molar-refractivity contribution >= 4 is 40.3 Å². The van der Waals surface area contributed by atoms with Gasteiger partial charge < -0.3 is 14.8 Å². The standard InChI is InChI=1S/C26H29N3OS/c1-18-10-6-8-14-22(18)29-25(30)24(31-26(29)27-20-11-4-3-5-12-20)16-19-17-28(2)23-15-9-7-13-21(19)23/h3-5,7,9,11-13,15-18,22,26-27H,6,8,10,14H2,1-2H3/b24-16-/t18-,22+,26?/m0/s1. The number of para-hydroxylation sites is 2. The topological polar surface area (TPSA) is 37.3 Å². The summed E-state index contributed by atoms with van der Waals surface area (Å²) in [5.41, 5.74) is 3.25. The van der Waals surface area contributed by atoms with E-state index in [1.54, 1.807) is 11.8 Å². The molecule has 0 spiro atoms. The van der Waals surface area contributed by atoms with E-state index in [9.17, 15) is 4.79 Å². The van der Waals surface area contributed by atoms with E-state index >= 15 is 0 Å². The molecule has 5 heteroatoms. The summed E-state index contributed by atoms with van der Waals surface area (Å²) in [6.07, 6.45) is 8.95. The Balaban J connectivity index is 1.51. The maximum Gasteiger partial charge on any atom is 0.262 e. The number of hydrogen-bond acceptors (Lipinski definition) is 3. The average molecular weight is 432 g/mol. The largest absolute Gasteiger partial charge is 0.356 e. The van der Waals surface area contributed by atoms with E-state index in [-0.39, 0.29) is 17.4 Å². The molecule has 160 valence electrons. The van der Waals surface area contributed by atoms with E-state index in [0.29, 0.717) is 5.92 Å². The molecule has 1 aliphatic carbocycles. The van der Waals surface area contributed by atoms with Crippen molar-refractivity contribution < 1.29 is 4.79 Å². The molecule has 2 aromatic carbocycles. The monoisotopic (exact) mass is 431 g/mol. The first-order valence-corrected chi connectivity index (χ1v) is 12.1. The molecule has 1 aliphatic heterocycles. The molecule has 2 aliphatic rings. The van der Waals surface area contributed by atoms with Crippen molar-refractivity contribution in [3.63, 3.8) is 0 Å². The van der Waals surface area contributed by atoms with Crippen molar-refractivity contribution in [2.75, 3.05) is 5.32 Å². The summed E-state index contributed by atoms with van der Waals surface area (Å²) in [5, 5.41) is 4.80. The van der Waals surface area contributed by atoms with Gasteiger partial charge in [0.2, 0.25) is 0 Å². The summed E-state index contributed by atoms with van der Waals surface area (Å²) in [6, 6.07) is 18.9. The predicted molar refractivity (Wildman–Crippen MR) is 131 cm³/mol. The molecule has 0 radical (unpaired) electrons. The van der Waals surface area contributed by atoms with Gasteiger partial charge in [0.25, 0.3) is 5.91 Å². The zero-order valence-corrected chi connectivity index (χ0v) is 18.9. The predicted octanol–water partition coefficient (Wildman–Crippen LogP) is 6.07. The van der Waals surface area contributed by atoms with Gasteiger partial charge in [-0.1, -0.05) is 67.9 Å². The Morgan fingerprint density at radius 1 is 1.03 bits per heavy atom. The van der Waals surface area contributed by atoms with E-state index < -0.39 is 0 Å². The van der Waals surface area contributed by atoms with Gasteiger partial charge in [-0.25, -0.2) is 0 Å². The molecule has 1 amide bonds. The van der Waals surface area contributed by atoms with Crippen LogP contribution < -0.4 is 5.32 Å². The zero-order valence-electron chi connectivity index (χ0n) is 18.1. The number of hydrogen-bond donors (Lipinski definition) is 1. The van der Waals surface area contributed by atoms with Crippen molar-refractivity contribution in [1.82, 2.24) is 9.47 Å². The molecule has 3 atom stereocenters. The van der Waals surface area contributed by atoms with Gasteiger partial charge >= 0.3 is 0 Å². The first kappa shape index (κ1) is 20.3. The average Bonchev–Trinajstić information content (AvgIpc) is 3.26. The molecule has 2 heterocycles. The molecule has 4 nitrogen and oxygen atoms in total. The summed E-state index contributed by atoms with van der Waals surface area (Å²) < 4.78 is 2.13. The summed E-state index contributed by atoms with van der Waals surface area (Å²) >= 11 is 1.65. The van der Waals surface area contributed by atoms with Crippen molar-refractivity contribution in [1.29, 1.82) is 0 Å². The minimum absolute atomic E-state index is 0.0818. The van der Waals surface area contributed by atoms with E-state index in [0.717, 1.165) is 22.6 Å². The van der Waals surface area contributed by atoms with Gasteiger partial charge in [0.1, 0.15) is 0 Å². The lowest BCUT2D eigenvalue weighted by Gasteiger charge is -2.39. The third-order valence-electron chi connectivity index (χ3n) is 6.64. The van der Waals surface area contributed by atoms with Crippen molar-refractivity contribution in [2.24, 2.45) is 13.0 Å². The number of nitrogens with zero attached hydrogens (tertiary/aromatic N) is 2. The van der Waals surface area contributed by atoms with Crippen LogP contribution in [0.3, 0.4) is 0 Å². The van der Waals surface area contributed by atoms with E-state index in [2.05, 4.69) is 77.4 Å². The third kappa shape index (κ3) is 3.87. The Kier molecular flexibility index (Phi) is 5.53. The summed E-state index contributed by atoms with van der Waals surface area (Å²) in [5.74, 6) is 0.681. The molecule has 2 fully saturated rings. The van der Waals surface area contributed by atoms with Gasteiger partial charge in [-0.3, -0.25) is 4.79 Å². The quantitative estimate of drug-likeness (QED) is 0.510. The molecule has 1 saturated heterocycles. The number of aryl methyl sites for hydroxylation is 1. The Bertz CT molecular complexity index is 1120. The number of nitrogens with one attached hydrogen (secondary N) is 1. The Morgan fingerprint density at radius 2 is 1.77 bits per heavy atom. The highest BCUT2D eigenvalue weighted by Gasteiger charge is 2.42. The molecule has 0 bridgehead atoms. The third-order valence-corrected chi connectivity index (χ3v) is 7.75. The molecule has 1 unspecified atom stereocenters. The number of carbonyl (C=O) groups excluding carboxylic acids is 1. The van der Waals surface area contributed by atoms with Crippen LogP contribution in [0, 0.1) is 5.92 Å². The van der Waals surface area contributed by atoms with Crippen LogP contribution >= 0.6 is 11.8 Å². The normalized spacial score (nSPS) is 25.5. The number of carbonyl (C=O) groups is 1. The second-order valence-corrected chi connectivity index (χ2v) is 9.87. The molecule has 1 aromatic heterocycles. The van der Waals surface area contributed by atoms with Crippen LogP contribution in [-0.4, -0.2) is 26.9 Å². The van der Waals surface area contributed by atoms with Gasteiger partial charge in [0, 0.05) is 41.4 Å². The van der Waals surface area contributed by atoms with Crippen LogP contribution in [0.1, 0.15) is 38.2 Å². The van der Waals surface area contributed by atoms with E-state index in [1.165, 1.54) is 30.2 Å². The number of thioether (sulfide) groups is 1. The lowest BCUT2D eigenvalue weighted by Crippen LogP contribution is -2.48. The molecule has 31 heavy (non-hydrogen) atoms. The lowest BCUT2D eigenvalue weighted by atomic mass is 9.85. The Hall–Kier alpha value is -2.66. The maximum absolute atomic E-state index is 13.7. The molecule has 5 rings (SSSR count). The summed E-state index contributed by atoms with van der Waals surface area (Å²) in [4.78, 5) is 16.6. The lowest BCUT2D eigenvalue weighted by molar-refractivity contribution is -0.129. The number of benzene rings is 2. The van der Waals surface area contributed by atoms with Gasteiger partial charge in [-0.05, 0) is 43.0 Å². The van der Waals surface area contributed by atoms with Crippen LogP contribution in [0.4, 0.5) is 5.69 Å². The van der Waals surface area contributed by atoms with E-state index in [4.69, 9.17) is 0 Å². The zero-order chi connectivity index (χ0) is 21.4. The number of amides is 1. The van der Waals surface area contributed by atoms with Gasteiger partial charge in [-0.15, -0.1) is 0 Å². The van der Waals surface area contributed by atoms with Gasteiger partial charge in [0.15, 0.2) is 5.50 Å². The summed E-state index contributed by atoms with van der Waals surface area (Å²) in [6.45, 7) is 2.30. The molecule has 1 saturated carbocycles. The summed E-state index contributed by atoms with van der Waals surface area (Å²) in [7, 11) is 2.06. The Labute approximate surface area is 188 Å². The van der Waals surface area contributed by atoms with Gasteiger partial charge in [-0.2, -0.15) is 0 Å².